The van der Waals surface area contributed by atoms with Crippen LogP contribution < -0.4 is 9.64 Å². The minimum Gasteiger partial charge on any atom is -0.496 e. The molecule has 0 amide bonds. The Morgan fingerprint density at radius 1 is 1.23 bits per heavy atom. The van der Waals surface area contributed by atoms with Gasteiger partial charge >= 0.3 is 0 Å². The summed E-state index contributed by atoms with van der Waals surface area (Å²) < 4.78 is 8.00. The lowest BCUT2D eigenvalue weighted by Gasteiger charge is -2.27. The number of aryl methyl sites for hydroxylation is 3. The topological polar surface area (TPSA) is 42.7 Å². The van der Waals surface area contributed by atoms with Crippen LogP contribution in [0.5, 0.6) is 5.75 Å². The molecule has 4 rings (SSSR count). The van der Waals surface area contributed by atoms with E-state index in [0.717, 1.165) is 59.3 Å². The highest BCUT2D eigenvalue weighted by Gasteiger charge is 2.28. The van der Waals surface area contributed by atoms with Gasteiger partial charge in [0.2, 0.25) is 0 Å². The van der Waals surface area contributed by atoms with E-state index in [0.29, 0.717) is 5.92 Å². The Bertz CT molecular complexity index is 1040. The van der Waals surface area contributed by atoms with Gasteiger partial charge in [0, 0.05) is 31.0 Å². The Balaban J connectivity index is 1.92. The van der Waals surface area contributed by atoms with E-state index in [9.17, 15) is 0 Å². The fourth-order valence-electron chi connectivity index (χ4n) is 4.45. The summed E-state index contributed by atoms with van der Waals surface area (Å²) in [6, 6.07) is 4.27. The predicted molar refractivity (Wildman–Crippen MR) is 124 cm³/mol. The van der Waals surface area contributed by atoms with Crippen LogP contribution in [0.4, 0.5) is 5.82 Å². The number of nitrogens with zero attached hydrogens (tertiary/aromatic N) is 4. The molecule has 0 atom stereocenters. The molecule has 0 N–H and O–H groups in total. The molecule has 2 aromatic heterocycles. The number of rotatable bonds is 8. The van der Waals surface area contributed by atoms with E-state index in [1.807, 2.05) is 6.20 Å². The molecular weight excluding hydrogens is 372 g/mol. The Kier molecular flexibility index (Phi) is 5.72. The van der Waals surface area contributed by atoms with Crippen molar-refractivity contribution in [2.24, 2.45) is 11.8 Å². The lowest BCUT2D eigenvalue weighted by Crippen LogP contribution is -2.31. The van der Waals surface area contributed by atoms with Gasteiger partial charge in [-0.05, 0) is 62.1 Å². The van der Waals surface area contributed by atoms with Crippen molar-refractivity contribution >= 4 is 11.5 Å². The van der Waals surface area contributed by atoms with Crippen LogP contribution in [0.15, 0.2) is 24.5 Å². The van der Waals surface area contributed by atoms with Gasteiger partial charge in [0.1, 0.15) is 17.3 Å². The number of hydrogen-bond acceptors (Lipinski definition) is 4. The predicted octanol–water partition coefficient (Wildman–Crippen LogP) is 5.46. The molecule has 0 aliphatic heterocycles. The maximum atomic E-state index is 5.75. The Morgan fingerprint density at radius 3 is 2.63 bits per heavy atom. The number of hydrogen-bond donors (Lipinski definition) is 0. The molecule has 0 unspecified atom stereocenters. The molecule has 1 aliphatic rings. The lowest BCUT2D eigenvalue weighted by molar-refractivity contribution is 0.415. The monoisotopic (exact) mass is 406 g/mol. The number of benzene rings is 1. The lowest BCUT2D eigenvalue weighted by atomic mass is 10.0. The first-order valence-electron chi connectivity index (χ1n) is 11.2. The summed E-state index contributed by atoms with van der Waals surface area (Å²) in [5.41, 5.74) is 6.33. The molecule has 1 saturated carbocycles. The van der Waals surface area contributed by atoms with Gasteiger partial charge in [0.05, 0.1) is 12.8 Å². The zero-order chi connectivity index (χ0) is 21.4. The zero-order valence-electron chi connectivity index (χ0n) is 19.2. The van der Waals surface area contributed by atoms with Crippen LogP contribution in [0.25, 0.3) is 16.9 Å². The molecule has 0 saturated heterocycles. The molecule has 0 spiro atoms. The molecule has 30 heavy (non-hydrogen) atoms. The zero-order valence-corrected chi connectivity index (χ0v) is 19.2. The smallest absolute Gasteiger partial charge is 0.165 e. The molecular formula is C25H34N4O. The van der Waals surface area contributed by atoms with Crippen LogP contribution >= 0.6 is 0 Å². The van der Waals surface area contributed by atoms with E-state index >= 15 is 0 Å². The van der Waals surface area contributed by atoms with Gasteiger partial charge in [-0.15, -0.1) is 0 Å². The van der Waals surface area contributed by atoms with Crippen molar-refractivity contribution in [3.8, 4) is 17.0 Å². The van der Waals surface area contributed by atoms with Crippen LogP contribution in [0.2, 0.25) is 0 Å². The van der Waals surface area contributed by atoms with E-state index in [1.54, 1.807) is 7.11 Å². The second-order valence-electron chi connectivity index (χ2n) is 9.11. The average molecular weight is 407 g/mol. The normalized spacial score (nSPS) is 14.0. The molecule has 3 aromatic rings. The molecule has 5 heteroatoms. The minimum atomic E-state index is 0.597. The van der Waals surface area contributed by atoms with E-state index in [1.165, 1.54) is 24.2 Å². The Morgan fingerprint density at radius 2 is 2.00 bits per heavy atom. The maximum absolute atomic E-state index is 5.75. The van der Waals surface area contributed by atoms with Crippen LogP contribution in [-0.4, -0.2) is 34.6 Å². The summed E-state index contributed by atoms with van der Waals surface area (Å²) in [4.78, 5) is 12.4. The van der Waals surface area contributed by atoms with Crippen molar-refractivity contribution in [1.29, 1.82) is 0 Å². The Labute approximate surface area is 180 Å². The van der Waals surface area contributed by atoms with Gasteiger partial charge in [-0.2, -0.15) is 0 Å². The third kappa shape index (κ3) is 3.90. The van der Waals surface area contributed by atoms with Crippen molar-refractivity contribution < 1.29 is 4.74 Å². The Hall–Kier alpha value is -2.56. The van der Waals surface area contributed by atoms with E-state index in [2.05, 4.69) is 62.2 Å². The fraction of sp³-hybridized carbons (Fsp3) is 0.520. The van der Waals surface area contributed by atoms with Gasteiger partial charge in [0.25, 0.3) is 0 Å². The van der Waals surface area contributed by atoms with Gasteiger partial charge < -0.3 is 9.64 Å². The molecule has 0 radical (unpaired) electrons. The summed E-state index contributed by atoms with van der Waals surface area (Å²) in [5.74, 6) is 3.51. The summed E-state index contributed by atoms with van der Waals surface area (Å²) in [6.07, 6.45) is 7.56. The quantitative estimate of drug-likeness (QED) is 0.498. The SMILES string of the molecule is CCc1nc2c(-c3c(C)cc(C)cc3OC)nccn2c1N(CC(C)C)CC1CC1. The van der Waals surface area contributed by atoms with Gasteiger partial charge in [-0.1, -0.05) is 26.8 Å². The first kappa shape index (κ1) is 20.7. The third-order valence-corrected chi connectivity index (χ3v) is 5.88. The van der Waals surface area contributed by atoms with Crippen molar-refractivity contribution in [1.82, 2.24) is 14.4 Å². The van der Waals surface area contributed by atoms with Crippen molar-refractivity contribution in [2.75, 3.05) is 25.1 Å². The number of ether oxygens (including phenoxy) is 1. The number of anilines is 1. The van der Waals surface area contributed by atoms with Crippen LogP contribution in [-0.2, 0) is 6.42 Å². The third-order valence-electron chi connectivity index (χ3n) is 5.88. The summed E-state index contributed by atoms with van der Waals surface area (Å²) in [5, 5.41) is 0. The fourth-order valence-corrected chi connectivity index (χ4v) is 4.45. The van der Waals surface area contributed by atoms with Crippen LogP contribution in [0, 0.1) is 25.7 Å². The largest absolute Gasteiger partial charge is 0.496 e. The molecule has 0 bridgehead atoms. The molecule has 1 aliphatic carbocycles. The van der Waals surface area contributed by atoms with Crippen LogP contribution in [0.1, 0.15) is 50.4 Å². The number of fused-ring (bicyclic) bond motifs is 1. The first-order chi connectivity index (χ1) is 14.4. The summed E-state index contributed by atoms with van der Waals surface area (Å²) in [7, 11) is 1.73. The highest BCUT2D eigenvalue weighted by Crippen LogP contribution is 2.38. The second kappa shape index (κ2) is 8.29. The van der Waals surface area contributed by atoms with E-state index < -0.39 is 0 Å². The number of imidazole rings is 1. The summed E-state index contributed by atoms with van der Waals surface area (Å²) >= 11 is 0. The highest BCUT2D eigenvalue weighted by molar-refractivity contribution is 5.82. The molecule has 160 valence electrons. The highest BCUT2D eigenvalue weighted by atomic mass is 16.5. The van der Waals surface area contributed by atoms with Crippen molar-refractivity contribution in [2.45, 2.75) is 53.9 Å². The maximum Gasteiger partial charge on any atom is 0.165 e. The van der Waals surface area contributed by atoms with Crippen molar-refractivity contribution in [3.05, 3.63) is 41.3 Å². The molecule has 2 heterocycles. The van der Waals surface area contributed by atoms with E-state index in [4.69, 9.17) is 14.7 Å². The number of methoxy groups -OCH3 is 1. The second-order valence-corrected chi connectivity index (χ2v) is 9.11. The number of aromatic nitrogens is 3. The van der Waals surface area contributed by atoms with Gasteiger partial charge in [-0.3, -0.25) is 9.38 Å². The van der Waals surface area contributed by atoms with E-state index in [-0.39, 0.29) is 0 Å². The van der Waals surface area contributed by atoms with Gasteiger partial charge in [0.15, 0.2) is 5.65 Å². The minimum absolute atomic E-state index is 0.597. The standard InChI is InChI=1S/C25H34N4O/c1-7-20-25(28(14-16(2)3)15-19-8-9-19)29-11-10-26-23(24(29)27-20)22-18(5)12-17(4)13-21(22)30-6/h10-13,16,19H,7-9,14-15H2,1-6H3. The van der Waals surface area contributed by atoms with Gasteiger partial charge in [-0.25, -0.2) is 4.98 Å². The molecule has 1 fully saturated rings. The van der Waals surface area contributed by atoms with Crippen molar-refractivity contribution in [3.63, 3.8) is 0 Å². The van der Waals surface area contributed by atoms with Crippen LogP contribution in [0.3, 0.4) is 0 Å². The summed E-state index contributed by atoms with van der Waals surface area (Å²) in [6.45, 7) is 13.2. The average Bonchev–Trinajstić information content (AvgIpc) is 3.43. The molecule has 5 nitrogen and oxygen atoms in total. The first-order valence-corrected chi connectivity index (χ1v) is 11.2. The molecule has 1 aromatic carbocycles.